The zero-order valence-corrected chi connectivity index (χ0v) is 17.9. The molecule has 0 unspecified atom stereocenters. The van der Waals surface area contributed by atoms with Crippen LogP contribution in [0.25, 0.3) is 0 Å². The molecule has 0 spiro atoms. The number of carbonyl (C=O) groups excluding carboxylic acids is 1. The molecule has 3 rings (SSSR count). The summed E-state index contributed by atoms with van der Waals surface area (Å²) in [4.78, 5) is 21.8. The van der Waals surface area contributed by atoms with Crippen LogP contribution < -0.4 is 9.47 Å². The maximum Gasteiger partial charge on any atom is 0.254 e. The number of rotatable bonds is 7. The van der Waals surface area contributed by atoms with Crippen LogP contribution in [0.2, 0.25) is 0 Å². The topological polar surface area (TPSA) is 54.9 Å². The monoisotopic (exact) mass is 403 g/mol. The Hall–Kier alpha value is -2.12. The van der Waals surface area contributed by atoms with Gasteiger partial charge in [0, 0.05) is 43.7 Å². The van der Waals surface area contributed by atoms with Gasteiger partial charge in [0.1, 0.15) is 0 Å². The zero-order valence-electron chi connectivity index (χ0n) is 17.1. The van der Waals surface area contributed by atoms with Crippen LogP contribution in [0.4, 0.5) is 0 Å². The summed E-state index contributed by atoms with van der Waals surface area (Å²) in [7, 11) is 1.60. The van der Waals surface area contributed by atoms with Crippen LogP contribution in [-0.2, 0) is 13.0 Å². The Morgan fingerprint density at radius 1 is 1.21 bits per heavy atom. The van der Waals surface area contributed by atoms with Crippen molar-refractivity contribution in [1.82, 2.24) is 14.8 Å². The molecule has 0 aliphatic carbocycles. The molecule has 1 aromatic carbocycles. The largest absolute Gasteiger partial charge is 0.493 e. The molecule has 1 fully saturated rings. The average Bonchev–Trinajstić information content (AvgIpc) is 3.15. The van der Waals surface area contributed by atoms with Gasteiger partial charge in [0.2, 0.25) is 0 Å². The Labute approximate surface area is 171 Å². The van der Waals surface area contributed by atoms with E-state index in [0.717, 1.165) is 44.8 Å². The number of nitrogens with zero attached hydrogens (tertiary/aromatic N) is 3. The van der Waals surface area contributed by atoms with E-state index in [-0.39, 0.29) is 12.0 Å². The number of methoxy groups -OCH3 is 1. The number of amides is 1. The highest BCUT2D eigenvalue weighted by molar-refractivity contribution is 7.09. The third-order valence-electron chi connectivity index (χ3n) is 4.72. The fourth-order valence-corrected chi connectivity index (χ4v) is 3.99. The van der Waals surface area contributed by atoms with E-state index in [1.54, 1.807) is 24.5 Å². The van der Waals surface area contributed by atoms with E-state index in [1.807, 2.05) is 30.9 Å². The first-order valence-corrected chi connectivity index (χ1v) is 10.7. The quantitative estimate of drug-likeness (QED) is 0.709. The molecule has 1 amide bonds. The van der Waals surface area contributed by atoms with Gasteiger partial charge in [0.15, 0.2) is 11.5 Å². The molecule has 0 bridgehead atoms. The number of hydrogen-bond donors (Lipinski definition) is 0. The lowest BCUT2D eigenvalue weighted by Crippen LogP contribution is -2.48. The third kappa shape index (κ3) is 5.02. The summed E-state index contributed by atoms with van der Waals surface area (Å²) in [5, 5.41) is 3.33. The molecule has 7 heteroatoms. The van der Waals surface area contributed by atoms with Crippen molar-refractivity contribution in [2.75, 3.05) is 33.3 Å². The number of hydrogen-bond acceptors (Lipinski definition) is 6. The molecule has 0 N–H and O–H groups in total. The number of thiazole rings is 1. The standard InChI is InChI=1S/C21H29N3O3S/c1-5-20-22-17(14-28-20)13-23-8-10-24(11-9-23)21(25)16-6-7-18(27-15(2)3)19(12-16)26-4/h6-7,12,14-15H,5,8-11,13H2,1-4H3. The van der Waals surface area contributed by atoms with Gasteiger partial charge in [-0.1, -0.05) is 6.92 Å². The summed E-state index contributed by atoms with van der Waals surface area (Å²) < 4.78 is 11.1. The molecule has 28 heavy (non-hydrogen) atoms. The summed E-state index contributed by atoms with van der Waals surface area (Å²) in [6.07, 6.45) is 1.03. The first kappa shape index (κ1) is 20.6. The van der Waals surface area contributed by atoms with Crippen LogP contribution in [0.15, 0.2) is 23.6 Å². The lowest BCUT2D eigenvalue weighted by molar-refractivity contribution is 0.0627. The first-order chi connectivity index (χ1) is 13.5. The van der Waals surface area contributed by atoms with Crippen LogP contribution in [0.1, 0.15) is 41.8 Å². The molecule has 1 aliphatic rings. The van der Waals surface area contributed by atoms with Crippen molar-refractivity contribution in [3.05, 3.63) is 39.8 Å². The highest BCUT2D eigenvalue weighted by Crippen LogP contribution is 2.29. The SMILES string of the molecule is CCc1nc(CN2CCN(C(=O)c3ccc(OC(C)C)c(OC)c3)CC2)cs1. The van der Waals surface area contributed by atoms with Crippen molar-refractivity contribution in [2.24, 2.45) is 0 Å². The molecule has 0 atom stereocenters. The van der Waals surface area contributed by atoms with Gasteiger partial charge in [-0.05, 0) is 38.5 Å². The van der Waals surface area contributed by atoms with Crippen molar-refractivity contribution in [1.29, 1.82) is 0 Å². The van der Waals surface area contributed by atoms with E-state index in [2.05, 4.69) is 22.2 Å². The Bertz CT molecular complexity index is 798. The highest BCUT2D eigenvalue weighted by Gasteiger charge is 2.23. The molecule has 1 aliphatic heterocycles. The number of piperazine rings is 1. The van der Waals surface area contributed by atoms with Crippen LogP contribution in [0, 0.1) is 0 Å². The number of benzene rings is 1. The van der Waals surface area contributed by atoms with E-state index < -0.39 is 0 Å². The Morgan fingerprint density at radius 2 is 1.96 bits per heavy atom. The molecule has 152 valence electrons. The van der Waals surface area contributed by atoms with Gasteiger partial charge in [0.25, 0.3) is 5.91 Å². The number of ether oxygens (including phenoxy) is 2. The molecule has 6 nitrogen and oxygen atoms in total. The number of aryl methyl sites for hydroxylation is 1. The van der Waals surface area contributed by atoms with Gasteiger partial charge in [-0.25, -0.2) is 4.98 Å². The minimum absolute atomic E-state index is 0.0379. The second kappa shape index (κ2) is 9.39. The van der Waals surface area contributed by atoms with Crippen LogP contribution in [0.5, 0.6) is 11.5 Å². The lowest BCUT2D eigenvalue weighted by Gasteiger charge is -2.34. The Balaban J connectivity index is 1.58. The zero-order chi connectivity index (χ0) is 20.1. The normalized spacial score (nSPS) is 15.1. The van der Waals surface area contributed by atoms with Gasteiger partial charge in [-0.2, -0.15) is 0 Å². The Morgan fingerprint density at radius 3 is 2.57 bits per heavy atom. The number of aromatic nitrogens is 1. The van der Waals surface area contributed by atoms with E-state index in [1.165, 1.54) is 5.01 Å². The molecule has 0 saturated carbocycles. The predicted molar refractivity (Wildman–Crippen MR) is 111 cm³/mol. The minimum Gasteiger partial charge on any atom is -0.493 e. The summed E-state index contributed by atoms with van der Waals surface area (Å²) >= 11 is 1.72. The van der Waals surface area contributed by atoms with Crippen LogP contribution in [0.3, 0.4) is 0 Å². The summed E-state index contributed by atoms with van der Waals surface area (Å²) in [5.41, 5.74) is 1.76. The number of carbonyl (C=O) groups is 1. The van der Waals surface area contributed by atoms with Gasteiger partial charge >= 0.3 is 0 Å². The fourth-order valence-electron chi connectivity index (χ4n) is 3.26. The van der Waals surface area contributed by atoms with E-state index in [4.69, 9.17) is 9.47 Å². The molecule has 0 radical (unpaired) electrons. The second-order valence-electron chi connectivity index (χ2n) is 7.19. The minimum atomic E-state index is 0.0379. The van der Waals surface area contributed by atoms with Crippen molar-refractivity contribution < 1.29 is 14.3 Å². The van der Waals surface area contributed by atoms with E-state index in [9.17, 15) is 4.79 Å². The molecule has 1 aromatic heterocycles. The maximum absolute atomic E-state index is 12.9. The van der Waals surface area contributed by atoms with Gasteiger partial charge < -0.3 is 14.4 Å². The molecule has 1 saturated heterocycles. The molecule has 2 heterocycles. The van der Waals surface area contributed by atoms with E-state index in [0.29, 0.717) is 17.1 Å². The molecule has 2 aromatic rings. The lowest BCUT2D eigenvalue weighted by atomic mass is 10.1. The van der Waals surface area contributed by atoms with Crippen LogP contribution >= 0.6 is 11.3 Å². The van der Waals surface area contributed by atoms with Gasteiger partial charge in [-0.15, -0.1) is 11.3 Å². The van der Waals surface area contributed by atoms with Crippen molar-refractivity contribution in [2.45, 2.75) is 39.8 Å². The molecular weight excluding hydrogens is 374 g/mol. The van der Waals surface area contributed by atoms with Gasteiger partial charge in [0.05, 0.1) is 23.9 Å². The van der Waals surface area contributed by atoms with Crippen LogP contribution in [-0.4, -0.2) is 60.1 Å². The highest BCUT2D eigenvalue weighted by atomic mass is 32.1. The van der Waals surface area contributed by atoms with E-state index >= 15 is 0 Å². The van der Waals surface area contributed by atoms with Crippen molar-refractivity contribution in [3.63, 3.8) is 0 Å². The summed E-state index contributed by atoms with van der Waals surface area (Å²) in [6, 6.07) is 5.40. The van der Waals surface area contributed by atoms with Gasteiger partial charge in [-0.3, -0.25) is 9.69 Å². The van der Waals surface area contributed by atoms with Crippen molar-refractivity contribution in [3.8, 4) is 11.5 Å². The molecular formula is C21H29N3O3S. The first-order valence-electron chi connectivity index (χ1n) is 9.79. The average molecular weight is 404 g/mol. The van der Waals surface area contributed by atoms with Crippen molar-refractivity contribution >= 4 is 17.2 Å². The summed E-state index contributed by atoms with van der Waals surface area (Å²) in [6.45, 7) is 10.1. The third-order valence-corrected chi connectivity index (χ3v) is 5.76. The Kier molecular flexibility index (Phi) is 6.91. The predicted octanol–water partition coefficient (Wildman–Crippen LogP) is 3.46. The fraction of sp³-hybridized carbons (Fsp3) is 0.524. The summed E-state index contributed by atoms with van der Waals surface area (Å²) in [5.74, 6) is 1.29. The maximum atomic E-state index is 12.9. The smallest absolute Gasteiger partial charge is 0.254 e. The second-order valence-corrected chi connectivity index (χ2v) is 8.13.